The highest BCUT2D eigenvalue weighted by Crippen LogP contribution is 2.29. The molecule has 0 spiro atoms. The van der Waals surface area contributed by atoms with E-state index in [4.69, 9.17) is 0 Å². The van der Waals surface area contributed by atoms with Gasteiger partial charge < -0.3 is 5.32 Å². The second kappa shape index (κ2) is 6.29. The monoisotopic (exact) mass is 342 g/mol. The highest BCUT2D eigenvalue weighted by Gasteiger charge is 2.37. The first-order valence-corrected chi connectivity index (χ1v) is 8.09. The van der Waals surface area contributed by atoms with Crippen molar-refractivity contribution in [1.29, 1.82) is 0 Å². The second-order valence-electron chi connectivity index (χ2n) is 5.86. The Morgan fingerprint density at radius 1 is 0.731 bits per heavy atom. The van der Waals surface area contributed by atoms with Crippen LogP contribution in [0.5, 0.6) is 0 Å². The van der Waals surface area contributed by atoms with Gasteiger partial charge in [0.2, 0.25) is 0 Å². The quantitative estimate of drug-likeness (QED) is 0.737. The molecule has 4 rings (SSSR count). The van der Waals surface area contributed by atoms with Gasteiger partial charge in [-0.05, 0) is 42.5 Å². The minimum Gasteiger partial charge on any atom is -0.322 e. The Labute approximate surface area is 149 Å². The summed E-state index contributed by atoms with van der Waals surface area (Å²) in [6.07, 6.45) is 0. The third-order valence-electron chi connectivity index (χ3n) is 4.19. The molecule has 126 valence electrons. The Kier molecular flexibility index (Phi) is 3.82. The molecule has 3 aromatic carbocycles. The minimum atomic E-state index is -0.425. The number of nitrogens with zero attached hydrogens (tertiary/aromatic N) is 1. The molecule has 0 atom stereocenters. The third kappa shape index (κ3) is 2.65. The van der Waals surface area contributed by atoms with E-state index in [-0.39, 0.29) is 17.4 Å². The van der Waals surface area contributed by atoms with E-state index in [0.717, 1.165) is 4.90 Å². The number of hydrogen-bond donors (Lipinski definition) is 1. The van der Waals surface area contributed by atoms with Crippen molar-refractivity contribution < 1.29 is 14.4 Å². The van der Waals surface area contributed by atoms with Gasteiger partial charge in [0, 0.05) is 11.3 Å². The molecule has 0 bridgehead atoms. The molecule has 5 nitrogen and oxygen atoms in total. The molecular weight excluding hydrogens is 328 g/mol. The summed E-state index contributed by atoms with van der Waals surface area (Å²) in [6.45, 7) is 0. The Morgan fingerprint density at radius 2 is 1.35 bits per heavy atom. The number of benzene rings is 3. The molecule has 1 aliphatic heterocycles. The molecule has 1 aliphatic rings. The maximum absolute atomic E-state index is 12.7. The molecule has 0 fully saturated rings. The van der Waals surface area contributed by atoms with E-state index in [2.05, 4.69) is 5.32 Å². The van der Waals surface area contributed by atoms with E-state index < -0.39 is 5.91 Å². The number of rotatable bonds is 3. The number of anilines is 2. The summed E-state index contributed by atoms with van der Waals surface area (Å²) in [5.74, 6) is -1.14. The molecule has 0 aromatic heterocycles. The molecule has 1 N–H and O–H groups in total. The predicted octanol–water partition coefficient (Wildman–Crippen LogP) is 3.74. The lowest BCUT2D eigenvalue weighted by Crippen LogP contribution is -2.29. The second-order valence-corrected chi connectivity index (χ2v) is 5.86. The standard InChI is InChI=1S/C21H14N2O3/c24-19(22-15-7-3-1-4-8-15)14-11-12-17-18(13-14)21(26)23(20(17)25)16-9-5-2-6-10-16/h1-13H,(H,22,24). The van der Waals surface area contributed by atoms with Crippen LogP contribution in [0.3, 0.4) is 0 Å². The zero-order valence-electron chi connectivity index (χ0n) is 13.7. The Balaban J connectivity index is 1.65. The van der Waals surface area contributed by atoms with Crippen LogP contribution in [0.15, 0.2) is 78.9 Å². The van der Waals surface area contributed by atoms with Crippen LogP contribution in [0, 0.1) is 0 Å². The summed E-state index contributed by atoms with van der Waals surface area (Å²) in [4.78, 5) is 38.9. The summed E-state index contributed by atoms with van der Waals surface area (Å²) in [7, 11) is 0. The Hall–Kier alpha value is -3.73. The van der Waals surface area contributed by atoms with Gasteiger partial charge in [-0.3, -0.25) is 14.4 Å². The molecule has 5 heteroatoms. The maximum Gasteiger partial charge on any atom is 0.266 e. The first kappa shape index (κ1) is 15.8. The summed E-state index contributed by atoms with van der Waals surface area (Å²) >= 11 is 0. The van der Waals surface area contributed by atoms with Gasteiger partial charge in [-0.25, -0.2) is 4.90 Å². The molecule has 1 heterocycles. The highest BCUT2D eigenvalue weighted by atomic mass is 16.2. The number of nitrogens with one attached hydrogen (secondary N) is 1. The highest BCUT2D eigenvalue weighted by molar-refractivity contribution is 6.34. The normalized spacial score (nSPS) is 12.8. The molecule has 0 radical (unpaired) electrons. The predicted molar refractivity (Wildman–Crippen MR) is 98.4 cm³/mol. The summed E-state index contributed by atoms with van der Waals surface area (Å²) in [5.41, 5.74) is 2.03. The maximum atomic E-state index is 12.7. The third-order valence-corrected chi connectivity index (χ3v) is 4.19. The van der Waals surface area contributed by atoms with E-state index >= 15 is 0 Å². The topological polar surface area (TPSA) is 66.5 Å². The fraction of sp³-hybridized carbons (Fsp3) is 0. The number of imide groups is 1. The van der Waals surface area contributed by atoms with Crippen LogP contribution in [-0.4, -0.2) is 17.7 Å². The summed E-state index contributed by atoms with van der Waals surface area (Å²) in [5, 5.41) is 2.77. The van der Waals surface area contributed by atoms with E-state index in [1.165, 1.54) is 12.1 Å². The molecule has 0 aliphatic carbocycles. The van der Waals surface area contributed by atoms with E-state index in [9.17, 15) is 14.4 Å². The lowest BCUT2D eigenvalue weighted by Gasteiger charge is -2.13. The van der Waals surface area contributed by atoms with Crippen molar-refractivity contribution in [2.75, 3.05) is 10.2 Å². The van der Waals surface area contributed by atoms with Gasteiger partial charge in [-0.15, -0.1) is 0 Å². The summed E-state index contributed by atoms with van der Waals surface area (Å²) < 4.78 is 0. The number of carbonyl (C=O) groups excluding carboxylic acids is 3. The van der Waals surface area contributed by atoms with Crippen LogP contribution < -0.4 is 10.2 Å². The van der Waals surface area contributed by atoms with Crippen molar-refractivity contribution in [3.8, 4) is 0 Å². The van der Waals surface area contributed by atoms with Crippen molar-refractivity contribution in [3.05, 3.63) is 95.6 Å². The number of fused-ring (bicyclic) bond motifs is 1. The van der Waals surface area contributed by atoms with Crippen molar-refractivity contribution in [2.45, 2.75) is 0 Å². The molecule has 0 unspecified atom stereocenters. The summed E-state index contributed by atoms with van der Waals surface area (Å²) in [6, 6.07) is 22.3. The molecule has 3 amide bonds. The van der Waals surface area contributed by atoms with E-state index in [1.54, 1.807) is 42.5 Å². The largest absolute Gasteiger partial charge is 0.322 e. The van der Waals surface area contributed by atoms with Gasteiger partial charge in [-0.1, -0.05) is 36.4 Å². The molecule has 0 saturated carbocycles. The zero-order chi connectivity index (χ0) is 18.1. The van der Waals surface area contributed by atoms with Gasteiger partial charge in [-0.2, -0.15) is 0 Å². The Morgan fingerprint density at radius 3 is 2.04 bits per heavy atom. The molecule has 26 heavy (non-hydrogen) atoms. The van der Waals surface area contributed by atoms with Crippen molar-refractivity contribution >= 4 is 29.1 Å². The van der Waals surface area contributed by atoms with Crippen LogP contribution in [0.25, 0.3) is 0 Å². The van der Waals surface area contributed by atoms with Gasteiger partial charge in [0.15, 0.2) is 0 Å². The van der Waals surface area contributed by atoms with E-state index in [0.29, 0.717) is 22.5 Å². The van der Waals surface area contributed by atoms with Crippen LogP contribution >= 0.6 is 0 Å². The van der Waals surface area contributed by atoms with Crippen LogP contribution in [-0.2, 0) is 0 Å². The fourth-order valence-corrected chi connectivity index (χ4v) is 2.92. The Bertz CT molecular complexity index is 1010. The minimum absolute atomic E-state index is 0.236. The van der Waals surface area contributed by atoms with Crippen LogP contribution in [0.4, 0.5) is 11.4 Å². The lowest BCUT2D eigenvalue weighted by molar-refractivity contribution is 0.0925. The average Bonchev–Trinajstić information content (AvgIpc) is 2.93. The zero-order valence-corrected chi connectivity index (χ0v) is 13.7. The fourth-order valence-electron chi connectivity index (χ4n) is 2.92. The van der Waals surface area contributed by atoms with Gasteiger partial charge in [0.05, 0.1) is 16.8 Å². The number of amides is 3. The molecular formula is C21H14N2O3. The smallest absolute Gasteiger partial charge is 0.266 e. The number of para-hydroxylation sites is 2. The van der Waals surface area contributed by atoms with Crippen LogP contribution in [0.1, 0.15) is 31.1 Å². The SMILES string of the molecule is O=C(Nc1ccccc1)c1ccc2c(c1)C(=O)N(c1ccccc1)C2=O. The first-order chi connectivity index (χ1) is 12.6. The number of carbonyl (C=O) groups is 3. The molecule has 0 saturated heterocycles. The lowest BCUT2D eigenvalue weighted by atomic mass is 10.1. The van der Waals surface area contributed by atoms with Crippen molar-refractivity contribution in [1.82, 2.24) is 0 Å². The number of hydrogen-bond acceptors (Lipinski definition) is 3. The van der Waals surface area contributed by atoms with Gasteiger partial charge >= 0.3 is 0 Å². The first-order valence-electron chi connectivity index (χ1n) is 8.09. The molecule has 3 aromatic rings. The average molecular weight is 342 g/mol. The van der Waals surface area contributed by atoms with Gasteiger partial charge in [0.25, 0.3) is 17.7 Å². The van der Waals surface area contributed by atoms with E-state index in [1.807, 2.05) is 24.3 Å². The van der Waals surface area contributed by atoms with Gasteiger partial charge in [0.1, 0.15) is 0 Å². The van der Waals surface area contributed by atoms with Crippen molar-refractivity contribution in [3.63, 3.8) is 0 Å². The van der Waals surface area contributed by atoms with Crippen molar-refractivity contribution in [2.24, 2.45) is 0 Å². The van der Waals surface area contributed by atoms with Crippen LogP contribution in [0.2, 0.25) is 0 Å².